The van der Waals surface area contributed by atoms with Crippen molar-refractivity contribution in [2.75, 3.05) is 11.9 Å². The third-order valence-corrected chi connectivity index (χ3v) is 3.17. The minimum absolute atomic E-state index is 0.168. The zero-order chi connectivity index (χ0) is 10.6. The number of carbonyl (C=O) groups excluding carboxylic acids is 1. The van der Waals surface area contributed by atoms with E-state index in [9.17, 15) is 4.79 Å². The van der Waals surface area contributed by atoms with E-state index in [0.29, 0.717) is 6.42 Å². The SMILES string of the molecule is CC1Cc2cc3c(cc2O1)CC(=O)N3C. The number of amides is 1. The van der Waals surface area contributed by atoms with Crippen LogP contribution in [0.2, 0.25) is 0 Å². The second-order valence-corrected chi connectivity index (χ2v) is 4.35. The molecular formula is C12H13NO2. The third kappa shape index (κ3) is 1.16. The van der Waals surface area contributed by atoms with Gasteiger partial charge in [-0.3, -0.25) is 4.79 Å². The van der Waals surface area contributed by atoms with E-state index in [1.165, 1.54) is 5.56 Å². The van der Waals surface area contributed by atoms with E-state index in [4.69, 9.17) is 4.74 Å². The summed E-state index contributed by atoms with van der Waals surface area (Å²) in [5, 5.41) is 0. The van der Waals surface area contributed by atoms with Gasteiger partial charge in [0.15, 0.2) is 0 Å². The summed E-state index contributed by atoms with van der Waals surface area (Å²) in [4.78, 5) is 13.2. The molecular weight excluding hydrogens is 190 g/mol. The fraction of sp³-hybridized carbons (Fsp3) is 0.417. The van der Waals surface area contributed by atoms with Gasteiger partial charge in [-0.25, -0.2) is 0 Å². The maximum Gasteiger partial charge on any atom is 0.231 e. The van der Waals surface area contributed by atoms with Gasteiger partial charge in [0.1, 0.15) is 11.9 Å². The molecule has 0 bridgehead atoms. The number of hydrogen-bond donors (Lipinski definition) is 0. The van der Waals surface area contributed by atoms with Gasteiger partial charge in [-0.2, -0.15) is 0 Å². The van der Waals surface area contributed by atoms with E-state index in [0.717, 1.165) is 23.4 Å². The molecule has 2 heterocycles. The zero-order valence-electron chi connectivity index (χ0n) is 8.91. The molecule has 2 aliphatic rings. The van der Waals surface area contributed by atoms with Crippen LogP contribution in [0.5, 0.6) is 5.75 Å². The lowest BCUT2D eigenvalue weighted by molar-refractivity contribution is -0.117. The van der Waals surface area contributed by atoms with Gasteiger partial charge >= 0.3 is 0 Å². The molecule has 15 heavy (non-hydrogen) atoms. The Morgan fingerprint density at radius 1 is 1.40 bits per heavy atom. The molecule has 1 aromatic rings. The van der Waals surface area contributed by atoms with Crippen molar-refractivity contribution in [3.63, 3.8) is 0 Å². The molecule has 1 unspecified atom stereocenters. The number of carbonyl (C=O) groups is 1. The van der Waals surface area contributed by atoms with E-state index < -0.39 is 0 Å². The molecule has 0 saturated carbocycles. The van der Waals surface area contributed by atoms with E-state index in [-0.39, 0.29) is 12.0 Å². The lowest BCUT2D eigenvalue weighted by Crippen LogP contribution is -2.20. The molecule has 3 heteroatoms. The van der Waals surface area contributed by atoms with Gasteiger partial charge in [-0.15, -0.1) is 0 Å². The fourth-order valence-electron chi connectivity index (χ4n) is 2.36. The number of hydrogen-bond acceptors (Lipinski definition) is 2. The normalized spacial score (nSPS) is 22.7. The van der Waals surface area contributed by atoms with E-state index in [1.807, 2.05) is 13.1 Å². The lowest BCUT2D eigenvalue weighted by atomic mass is 10.1. The van der Waals surface area contributed by atoms with E-state index >= 15 is 0 Å². The van der Waals surface area contributed by atoms with E-state index in [2.05, 4.69) is 13.0 Å². The second-order valence-electron chi connectivity index (χ2n) is 4.35. The minimum atomic E-state index is 0.168. The van der Waals surface area contributed by atoms with Crippen LogP contribution in [0.1, 0.15) is 18.1 Å². The van der Waals surface area contributed by atoms with Crippen LogP contribution in [0, 0.1) is 0 Å². The van der Waals surface area contributed by atoms with Crippen LogP contribution in [0.15, 0.2) is 12.1 Å². The molecule has 78 valence electrons. The minimum Gasteiger partial charge on any atom is -0.490 e. The van der Waals surface area contributed by atoms with Gasteiger partial charge in [0, 0.05) is 19.2 Å². The summed E-state index contributed by atoms with van der Waals surface area (Å²) in [6.45, 7) is 2.07. The molecule has 0 aromatic heterocycles. The molecule has 2 aliphatic heterocycles. The van der Waals surface area contributed by atoms with Crippen LogP contribution in [0.3, 0.4) is 0 Å². The number of fused-ring (bicyclic) bond motifs is 2. The highest BCUT2D eigenvalue weighted by molar-refractivity contribution is 6.01. The second kappa shape index (κ2) is 2.75. The van der Waals surface area contributed by atoms with Gasteiger partial charge in [-0.1, -0.05) is 0 Å². The van der Waals surface area contributed by atoms with Crippen molar-refractivity contribution in [3.8, 4) is 5.75 Å². The number of anilines is 1. The maximum absolute atomic E-state index is 11.5. The summed E-state index contributed by atoms with van der Waals surface area (Å²) >= 11 is 0. The van der Waals surface area contributed by atoms with Crippen molar-refractivity contribution in [3.05, 3.63) is 23.3 Å². The zero-order valence-corrected chi connectivity index (χ0v) is 8.91. The van der Waals surface area contributed by atoms with Crippen LogP contribution in [-0.4, -0.2) is 19.1 Å². The fourth-order valence-corrected chi connectivity index (χ4v) is 2.36. The molecule has 3 rings (SSSR count). The summed E-state index contributed by atoms with van der Waals surface area (Å²) in [6, 6.07) is 4.12. The Morgan fingerprint density at radius 3 is 3.00 bits per heavy atom. The Kier molecular flexibility index (Phi) is 1.61. The number of nitrogens with zero attached hydrogens (tertiary/aromatic N) is 1. The first-order valence-electron chi connectivity index (χ1n) is 5.24. The van der Waals surface area contributed by atoms with Crippen molar-refractivity contribution in [2.45, 2.75) is 25.9 Å². The molecule has 0 N–H and O–H groups in total. The van der Waals surface area contributed by atoms with Gasteiger partial charge in [0.05, 0.1) is 6.42 Å². The first kappa shape index (κ1) is 8.77. The van der Waals surface area contributed by atoms with Crippen LogP contribution < -0.4 is 9.64 Å². The molecule has 0 saturated heterocycles. The standard InChI is InChI=1S/C12H13NO2/c1-7-3-9-4-10-8(5-11(9)15-7)6-12(14)13(10)2/h4-5,7H,3,6H2,1-2H3. The largest absolute Gasteiger partial charge is 0.490 e. The van der Waals surface area contributed by atoms with Crippen molar-refractivity contribution in [2.24, 2.45) is 0 Å². The Bertz CT molecular complexity index is 453. The molecule has 1 atom stereocenters. The highest BCUT2D eigenvalue weighted by atomic mass is 16.5. The number of ether oxygens (including phenoxy) is 1. The smallest absolute Gasteiger partial charge is 0.231 e. The van der Waals surface area contributed by atoms with Crippen LogP contribution in [-0.2, 0) is 17.6 Å². The topological polar surface area (TPSA) is 29.5 Å². The highest BCUT2D eigenvalue weighted by Gasteiger charge is 2.28. The molecule has 0 fully saturated rings. The summed E-state index contributed by atoms with van der Waals surface area (Å²) in [5.41, 5.74) is 3.37. The monoisotopic (exact) mass is 203 g/mol. The average molecular weight is 203 g/mol. The Labute approximate surface area is 88.6 Å². The van der Waals surface area contributed by atoms with Crippen molar-refractivity contribution < 1.29 is 9.53 Å². The molecule has 3 nitrogen and oxygen atoms in total. The average Bonchev–Trinajstić information content (AvgIpc) is 2.65. The van der Waals surface area contributed by atoms with Crippen molar-refractivity contribution >= 4 is 11.6 Å². The van der Waals surface area contributed by atoms with Crippen LogP contribution >= 0.6 is 0 Å². The van der Waals surface area contributed by atoms with Crippen LogP contribution in [0.4, 0.5) is 5.69 Å². The predicted molar refractivity (Wildman–Crippen MR) is 57.4 cm³/mol. The first-order valence-corrected chi connectivity index (χ1v) is 5.24. The lowest BCUT2D eigenvalue weighted by Gasteiger charge is -2.10. The Hall–Kier alpha value is -1.51. The van der Waals surface area contributed by atoms with Gasteiger partial charge in [-0.05, 0) is 30.2 Å². The van der Waals surface area contributed by atoms with Crippen molar-refractivity contribution in [1.82, 2.24) is 0 Å². The number of likely N-dealkylation sites (N-methyl/N-ethyl adjacent to an activating group) is 1. The van der Waals surface area contributed by atoms with Gasteiger partial charge < -0.3 is 9.64 Å². The Morgan fingerprint density at radius 2 is 2.20 bits per heavy atom. The number of benzene rings is 1. The summed E-state index contributed by atoms with van der Waals surface area (Å²) in [6.07, 6.45) is 1.73. The molecule has 0 spiro atoms. The summed E-state index contributed by atoms with van der Waals surface area (Å²) < 4.78 is 5.67. The van der Waals surface area contributed by atoms with Crippen molar-refractivity contribution in [1.29, 1.82) is 0 Å². The number of rotatable bonds is 0. The maximum atomic E-state index is 11.5. The first-order chi connectivity index (χ1) is 7.15. The quantitative estimate of drug-likeness (QED) is 0.640. The molecule has 0 radical (unpaired) electrons. The Balaban J connectivity index is 2.11. The summed E-state index contributed by atoms with van der Waals surface area (Å²) in [7, 11) is 1.83. The summed E-state index contributed by atoms with van der Waals surface area (Å²) in [5.74, 6) is 1.13. The van der Waals surface area contributed by atoms with Gasteiger partial charge in [0.2, 0.25) is 5.91 Å². The third-order valence-electron chi connectivity index (χ3n) is 3.17. The predicted octanol–water partition coefficient (Wildman–Crippen LogP) is 1.53. The molecule has 1 amide bonds. The van der Waals surface area contributed by atoms with Gasteiger partial charge in [0.25, 0.3) is 0 Å². The highest BCUT2D eigenvalue weighted by Crippen LogP contribution is 2.38. The molecule has 0 aliphatic carbocycles. The van der Waals surface area contributed by atoms with E-state index in [1.54, 1.807) is 4.90 Å². The van der Waals surface area contributed by atoms with Crippen LogP contribution in [0.25, 0.3) is 0 Å². The molecule has 1 aromatic carbocycles.